The Kier molecular flexibility index (Phi) is 5.85. The van der Waals surface area contributed by atoms with Gasteiger partial charge in [-0.2, -0.15) is 8.42 Å². The standard InChI is InChI=1S/C23H29NO3S/c1-18-4-10-23(11-5-18)28(25,26)27-17-20-14-22(15-20)21-8-6-19(7-9-21)16-24-12-2-3-13-24/h4-11,20,22H,2-3,12-17H2,1H3/t20-,22-. The molecule has 1 aliphatic carbocycles. The molecular formula is C23H29NO3S. The minimum absolute atomic E-state index is 0.238. The Morgan fingerprint density at radius 2 is 1.61 bits per heavy atom. The summed E-state index contributed by atoms with van der Waals surface area (Å²) in [5, 5.41) is 0. The van der Waals surface area contributed by atoms with Gasteiger partial charge in [-0.25, -0.2) is 0 Å². The van der Waals surface area contributed by atoms with Gasteiger partial charge in [-0.1, -0.05) is 42.0 Å². The van der Waals surface area contributed by atoms with Gasteiger partial charge >= 0.3 is 0 Å². The lowest BCUT2D eigenvalue weighted by Gasteiger charge is -2.35. The van der Waals surface area contributed by atoms with Crippen molar-refractivity contribution in [3.63, 3.8) is 0 Å². The highest BCUT2D eigenvalue weighted by Crippen LogP contribution is 2.42. The van der Waals surface area contributed by atoms with Crippen LogP contribution in [0, 0.1) is 12.8 Å². The predicted octanol–water partition coefficient (Wildman–Crippen LogP) is 4.49. The molecule has 28 heavy (non-hydrogen) atoms. The van der Waals surface area contributed by atoms with Crippen LogP contribution in [0.15, 0.2) is 53.4 Å². The van der Waals surface area contributed by atoms with Crippen LogP contribution >= 0.6 is 0 Å². The zero-order valence-corrected chi connectivity index (χ0v) is 17.3. The Morgan fingerprint density at radius 1 is 0.964 bits per heavy atom. The van der Waals surface area contributed by atoms with Gasteiger partial charge in [-0.15, -0.1) is 0 Å². The fourth-order valence-corrected chi connectivity index (χ4v) is 5.17. The van der Waals surface area contributed by atoms with Crippen molar-refractivity contribution in [2.75, 3.05) is 19.7 Å². The van der Waals surface area contributed by atoms with E-state index in [0.717, 1.165) is 24.9 Å². The molecule has 2 aromatic carbocycles. The summed E-state index contributed by atoms with van der Waals surface area (Å²) in [7, 11) is -3.65. The minimum Gasteiger partial charge on any atom is -0.299 e. The molecule has 1 heterocycles. The maximum atomic E-state index is 12.3. The molecule has 0 atom stereocenters. The number of likely N-dealkylation sites (tertiary alicyclic amines) is 1. The Balaban J connectivity index is 1.24. The Morgan fingerprint density at radius 3 is 2.25 bits per heavy atom. The van der Waals surface area contributed by atoms with E-state index in [1.54, 1.807) is 24.3 Å². The Bertz CT molecular complexity index is 878. The lowest BCUT2D eigenvalue weighted by Crippen LogP contribution is -2.27. The first-order valence-electron chi connectivity index (χ1n) is 10.3. The minimum atomic E-state index is -3.65. The number of hydrogen-bond donors (Lipinski definition) is 0. The van der Waals surface area contributed by atoms with Crippen molar-refractivity contribution in [3.05, 3.63) is 65.2 Å². The average molecular weight is 400 g/mol. The fraction of sp³-hybridized carbons (Fsp3) is 0.478. The molecule has 2 aliphatic rings. The molecule has 0 amide bonds. The third-order valence-corrected chi connectivity index (χ3v) is 7.36. The second kappa shape index (κ2) is 8.36. The van der Waals surface area contributed by atoms with Gasteiger partial charge in [-0.3, -0.25) is 9.08 Å². The van der Waals surface area contributed by atoms with Crippen LogP contribution in [0.25, 0.3) is 0 Å². The van der Waals surface area contributed by atoms with E-state index >= 15 is 0 Å². The second-order valence-electron chi connectivity index (χ2n) is 8.31. The van der Waals surface area contributed by atoms with Crippen LogP contribution in [0.2, 0.25) is 0 Å². The van der Waals surface area contributed by atoms with Crippen molar-refractivity contribution < 1.29 is 12.6 Å². The van der Waals surface area contributed by atoms with Gasteiger partial charge in [0.25, 0.3) is 10.1 Å². The maximum absolute atomic E-state index is 12.3. The van der Waals surface area contributed by atoms with Crippen LogP contribution in [0.4, 0.5) is 0 Å². The fourth-order valence-electron chi connectivity index (χ4n) is 4.20. The van der Waals surface area contributed by atoms with E-state index in [4.69, 9.17) is 4.18 Å². The Labute approximate surface area is 168 Å². The van der Waals surface area contributed by atoms with Crippen molar-refractivity contribution in [1.82, 2.24) is 4.90 Å². The van der Waals surface area contributed by atoms with Crippen molar-refractivity contribution in [2.24, 2.45) is 5.92 Å². The van der Waals surface area contributed by atoms with Crippen molar-refractivity contribution >= 4 is 10.1 Å². The van der Waals surface area contributed by atoms with Crippen LogP contribution in [-0.2, 0) is 20.8 Å². The van der Waals surface area contributed by atoms with Gasteiger partial charge in [0.2, 0.25) is 0 Å². The summed E-state index contributed by atoms with van der Waals surface area (Å²) in [5.41, 5.74) is 3.78. The highest BCUT2D eigenvalue weighted by Gasteiger charge is 2.32. The lowest BCUT2D eigenvalue weighted by atomic mass is 9.72. The summed E-state index contributed by atoms with van der Waals surface area (Å²) in [6, 6.07) is 15.8. The van der Waals surface area contributed by atoms with Gasteiger partial charge in [-0.05, 0) is 80.8 Å². The molecule has 150 valence electrons. The van der Waals surface area contributed by atoms with E-state index in [1.807, 2.05) is 6.92 Å². The van der Waals surface area contributed by atoms with Gasteiger partial charge in [0, 0.05) is 6.54 Å². The second-order valence-corrected chi connectivity index (χ2v) is 9.93. The molecule has 4 rings (SSSR count). The van der Waals surface area contributed by atoms with Crippen LogP contribution in [0.3, 0.4) is 0 Å². The maximum Gasteiger partial charge on any atom is 0.296 e. The summed E-state index contributed by atoms with van der Waals surface area (Å²) >= 11 is 0. The monoisotopic (exact) mass is 399 g/mol. The van der Waals surface area contributed by atoms with Crippen LogP contribution in [0.1, 0.15) is 48.3 Å². The first-order valence-corrected chi connectivity index (χ1v) is 11.7. The molecule has 2 aromatic rings. The quantitative estimate of drug-likeness (QED) is 0.644. The van der Waals surface area contributed by atoms with Gasteiger partial charge < -0.3 is 0 Å². The number of hydrogen-bond acceptors (Lipinski definition) is 4. The highest BCUT2D eigenvalue weighted by atomic mass is 32.2. The third kappa shape index (κ3) is 4.65. The average Bonchev–Trinajstić information content (AvgIpc) is 3.15. The molecule has 2 fully saturated rings. The molecule has 0 N–H and O–H groups in total. The predicted molar refractivity (Wildman–Crippen MR) is 111 cm³/mol. The highest BCUT2D eigenvalue weighted by molar-refractivity contribution is 7.86. The number of nitrogens with zero attached hydrogens (tertiary/aromatic N) is 1. The first kappa shape index (κ1) is 19.6. The van der Waals surface area contributed by atoms with Crippen LogP contribution < -0.4 is 0 Å². The molecule has 1 aliphatic heterocycles. The topological polar surface area (TPSA) is 46.6 Å². The molecule has 0 unspecified atom stereocenters. The van der Waals surface area contributed by atoms with Crippen molar-refractivity contribution in [1.29, 1.82) is 0 Å². The SMILES string of the molecule is Cc1ccc(S(=O)(=O)OC[C@H]2C[C@H](c3ccc(CN4CCCC4)cc3)C2)cc1. The van der Waals surface area contributed by atoms with E-state index in [-0.39, 0.29) is 11.5 Å². The van der Waals surface area contributed by atoms with Gasteiger partial charge in [0.1, 0.15) is 0 Å². The van der Waals surface area contributed by atoms with Crippen molar-refractivity contribution in [2.45, 2.75) is 50.0 Å². The molecule has 1 saturated heterocycles. The molecule has 0 spiro atoms. The Hall–Kier alpha value is -1.69. The van der Waals surface area contributed by atoms with E-state index in [1.165, 1.54) is 37.1 Å². The molecular weight excluding hydrogens is 370 g/mol. The van der Waals surface area contributed by atoms with Gasteiger partial charge in [0.05, 0.1) is 11.5 Å². The van der Waals surface area contributed by atoms with E-state index in [9.17, 15) is 8.42 Å². The van der Waals surface area contributed by atoms with Crippen LogP contribution in [-0.4, -0.2) is 33.0 Å². The van der Waals surface area contributed by atoms with E-state index in [2.05, 4.69) is 29.2 Å². The molecule has 0 aromatic heterocycles. The summed E-state index contributed by atoms with van der Waals surface area (Å²) in [5.74, 6) is 0.839. The molecule has 4 nitrogen and oxygen atoms in total. The molecule has 1 saturated carbocycles. The summed E-state index contributed by atoms with van der Waals surface area (Å²) in [6.07, 6.45) is 4.64. The largest absolute Gasteiger partial charge is 0.299 e. The third-order valence-electron chi connectivity index (χ3n) is 6.06. The number of aryl methyl sites for hydroxylation is 1. The molecule has 0 bridgehead atoms. The summed E-state index contributed by atoms with van der Waals surface area (Å²) in [4.78, 5) is 2.75. The van der Waals surface area contributed by atoms with E-state index < -0.39 is 10.1 Å². The number of benzene rings is 2. The van der Waals surface area contributed by atoms with Crippen LogP contribution in [0.5, 0.6) is 0 Å². The smallest absolute Gasteiger partial charge is 0.296 e. The summed E-state index contributed by atoms with van der Waals surface area (Å²) < 4.78 is 29.9. The zero-order chi connectivity index (χ0) is 19.6. The normalized spacial score (nSPS) is 22.9. The van der Waals surface area contributed by atoms with Crippen molar-refractivity contribution in [3.8, 4) is 0 Å². The molecule has 5 heteroatoms. The number of rotatable bonds is 7. The van der Waals surface area contributed by atoms with E-state index in [0.29, 0.717) is 11.8 Å². The lowest BCUT2D eigenvalue weighted by molar-refractivity contribution is 0.162. The summed E-state index contributed by atoms with van der Waals surface area (Å²) in [6.45, 7) is 5.71. The first-order chi connectivity index (χ1) is 13.5. The van der Waals surface area contributed by atoms with Gasteiger partial charge in [0.15, 0.2) is 0 Å². The molecule has 0 radical (unpaired) electrons. The zero-order valence-electron chi connectivity index (χ0n) is 16.5.